The average Bonchev–Trinajstić information content (AvgIpc) is 2.86. The van der Waals surface area contributed by atoms with Crippen molar-refractivity contribution in [2.75, 3.05) is 7.05 Å². The van der Waals surface area contributed by atoms with Gasteiger partial charge >= 0.3 is 0 Å². The number of hydrogen-bond acceptors (Lipinski definition) is 3. The lowest BCUT2D eigenvalue weighted by molar-refractivity contribution is 0.420. The van der Waals surface area contributed by atoms with Crippen molar-refractivity contribution in [2.24, 2.45) is 0 Å². The number of rotatable bonds is 3. The normalized spacial score (nSPS) is 12.0. The highest BCUT2D eigenvalue weighted by Gasteiger charge is 2.23. The smallest absolute Gasteiger partial charge is 0.126 e. The van der Waals surface area contributed by atoms with Gasteiger partial charge in [-0.25, -0.2) is 4.98 Å². The highest BCUT2D eigenvalue weighted by Crippen LogP contribution is 2.28. The number of aromatic amines is 1. The van der Waals surface area contributed by atoms with E-state index in [1.54, 1.807) is 11.3 Å². The van der Waals surface area contributed by atoms with Crippen LogP contribution in [0.2, 0.25) is 0 Å². The highest BCUT2D eigenvalue weighted by atomic mass is 32.1. The van der Waals surface area contributed by atoms with Crippen molar-refractivity contribution in [2.45, 2.75) is 26.3 Å². The van der Waals surface area contributed by atoms with Crippen LogP contribution >= 0.6 is 11.3 Å². The number of H-pyrrole nitrogens is 1. The molecule has 0 aromatic carbocycles. The SMILES string of the molecule is CNC(C)(C)c1nc(-c2cccs2)c(C)[nH]1. The molecule has 16 heavy (non-hydrogen) atoms. The topological polar surface area (TPSA) is 40.7 Å². The number of nitrogens with one attached hydrogen (secondary N) is 2. The number of nitrogens with zero attached hydrogens (tertiary/aromatic N) is 1. The minimum Gasteiger partial charge on any atom is -0.344 e. The van der Waals surface area contributed by atoms with Gasteiger partial charge in [-0.15, -0.1) is 11.3 Å². The summed E-state index contributed by atoms with van der Waals surface area (Å²) in [5.74, 6) is 0.982. The molecule has 2 aromatic heterocycles. The first kappa shape index (κ1) is 11.4. The third-order valence-electron chi connectivity index (χ3n) is 2.86. The van der Waals surface area contributed by atoms with E-state index in [0.717, 1.165) is 17.2 Å². The van der Waals surface area contributed by atoms with Gasteiger partial charge in [0.25, 0.3) is 0 Å². The number of aromatic nitrogens is 2. The fourth-order valence-corrected chi connectivity index (χ4v) is 2.30. The van der Waals surface area contributed by atoms with Gasteiger partial charge < -0.3 is 10.3 Å². The van der Waals surface area contributed by atoms with Gasteiger partial charge in [0, 0.05) is 5.69 Å². The van der Waals surface area contributed by atoms with E-state index in [9.17, 15) is 0 Å². The van der Waals surface area contributed by atoms with Gasteiger partial charge in [0.1, 0.15) is 11.5 Å². The number of hydrogen-bond donors (Lipinski definition) is 2. The fourth-order valence-electron chi connectivity index (χ4n) is 1.53. The number of aryl methyl sites for hydroxylation is 1. The van der Waals surface area contributed by atoms with E-state index in [1.807, 2.05) is 7.05 Å². The van der Waals surface area contributed by atoms with Crippen LogP contribution in [0.3, 0.4) is 0 Å². The molecular formula is C12H17N3S. The summed E-state index contributed by atoms with van der Waals surface area (Å²) in [5.41, 5.74) is 2.06. The van der Waals surface area contributed by atoms with Crippen molar-refractivity contribution >= 4 is 11.3 Å². The molecule has 0 fully saturated rings. The van der Waals surface area contributed by atoms with Crippen molar-refractivity contribution in [1.29, 1.82) is 0 Å². The molecule has 0 bridgehead atoms. The van der Waals surface area contributed by atoms with Gasteiger partial charge in [-0.2, -0.15) is 0 Å². The average molecular weight is 235 g/mol. The maximum Gasteiger partial charge on any atom is 0.126 e. The first-order valence-corrected chi connectivity index (χ1v) is 6.22. The van der Waals surface area contributed by atoms with E-state index in [-0.39, 0.29) is 5.54 Å². The molecule has 0 aliphatic heterocycles. The Balaban J connectivity index is 2.44. The van der Waals surface area contributed by atoms with E-state index in [4.69, 9.17) is 0 Å². The Kier molecular flexibility index (Phi) is 2.86. The molecule has 0 spiro atoms. The first-order chi connectivity index (χ1) is 7.54. The molecule has 4 heteroatoms. The summed E-state index contributed by atoms with van der Waals surface area (Å²) in [6.45, 7) is 6.30. The maximum absolute atomic E-state index is 4.69. The van der Waals surface area contributed by atoms with Crippen molar-refractivity contribution in [3.8, 4) is 10.6 Å². The second kappa shape index (κ2) is 4.03. The monoisotopic (exact) mass is 235 g/mol. The molecule has 3 nitrogen and oxygen atoms in total. The zero-order valence-corrected chi connectivity index (χ0v) is 10.9. The Hall–Kier alpha value is -1.13. The Bertz CT molecular complexity index is 468. The molecule has 2 rings (SSSR count). The van der Waals surface area contributed by atoms with E-state index in [2.05, 4.69) is 53.6 Å². The molecular weight excluding hydrogens is 218 g/mol. The standard InChI is InChI=1S/C12H17N3S/c1-8-10(9-6-5-7-16-9)15-11(14-8)12(2,3)13-4/h5-7,13H,1-4H3,(H,14,15). The largest absolute Gasteiger partial charge is 0.344 e. The molecule has 0 amide bonds. The predicted octanol–water partition coefficient (Wildman–Crippen LogP) is 2.90. The van der Waals surface area contributed by atoms with Crippen LogP contribution in [0.5, 0.6) is 0 Å². The lowest BCUT2D eigenvalue weighted by Gasteiger charge is -2.20. The zero-order valence-electron chi connectivity index (χ0n) is 10.1. The van der Waals surface area contributed by atoms with E-state index in [0.29, 0.717) is 0 Å². The van der Waals surface area contributed by atoms with Gasteiger partial charge in [0.05, 0.1) is 10.4 Å². The maximum atomic E-state index is 4.69. The minimum absolute atomic E-state index is 0.125. The zero-order chi connectivity index (χ0) is 11.8. The van der Waals surface area contributed by atoms with Gasteiger partial charge in [-0.05, 0) is 39.3 Å². The molecule has 2 aromatic rings. The van der Waals surface area contributed by atoms with Crippen LogP contribution in [0.1, 0.15) is 25.4 Å². The Morgan fingerprint density at radius 2 is 2.19 bits per heavy atom. The number of imidazole rings is 1. The summed E-state index contributed by atoms with van der Waals surface area (Å²) < 4.78 is 0. The first-order valence-electron chi connectivity index (χ1n) is 5.34. The van der Waals surface area contributed by atoms with Gasteiger partial charge in [-0.3, -0.25) is 0 Å². The Labute approximate surface area is 99.9 Å². The van der Waals surface area contributed by atoms with E-state index in [1.165, 1.54) is 4.88 Å². The van der Waals surface area contributed by atoms with E-state index < -0.39 is 0 Å². The summed E-state index contributed by atoms with van der Waals surface area (Å²) in [7, 11) is 1.95. The number of thiophene rings is 1. The van der Waals surface area contributed by atoms with Crippen molar-refractivity contribution in [3.63, 3.8) is 0 Å². The third-order valence-corrected chi connectivity index (χ3v) is 3.73. The van der Waals surface area contributed by atoms with Crippen LogP contribution in [0.25, 0.3) is 10.6 Å². The van der Waals surface area contributed by atoms with Crippen LogP contribution in [-0.4, -0.2) is 17.0 Å². The summed E-state index contributed by atoms with van der Waals surface area (Å²) in [4.78, 5) is 9.26. The summed E-state index contributed by atoms with van der Waals surface area (Å²) >= 11 is 1.72. The molecule has 0 radical (unpaired) electrons. The molecule has 0 saturated carbocycles. The summed E-state index contributed by atoms with van der Waals surface area (Å²) in [6.07, 6.45) is 0. The second-order valence-corrected chi connectivity index (χ2v) is 5.36. The van der Waals surface area contributed by atoms with Crippen molar-refractivity contribution in [3.05, 3.63) is 29.0 Å². The third kappa shape index (κ3) is 1.90. The van der Waals surface area contributed by atoms with Crippen molar-refractivity contribution < 1.29 is 0 Å². The molecule has 0 aliphatic carbocycles. The molecule has 86 valence electrons. The van der Waals surface area contributed by atoms with Crippen LogP contribution in [0.4, 0.5) is 0 Å². The molecule has 0 atom stereocenters. The van der Waals surface area contributed by atoms with Gasteiger partial charge in [0.15, 0.2) is 0 Å². The highest BCUT2D eigenvalue weighted by molar-refractivity contribution is 7.13. The molecule has 2 N–H and O–H groups in total. The Morgan fingerprint density at radius 3 is 2.75 bits per heavy atom. The van der Waals surface area contributed by atoms with Crippen LogP contribution in [0, 0.1) is 6.92 Å². The second-order valence-electron chi connectivity index (χ2n) is 4.41. The van der Waals surface area contributed by atoms with Gasteiger partial charge in [0.2, 0.25) is 0 Å². The Morgan fingerprint density at radius 1 is 1.44 bits per heavy atom. The predicted molar refractivity (Wildman–Crippen MR) is 68.7 cm³/mol. The molecule has 2 heterocycles. The quantitative estimate of drug-likeness (QED) is 0.859. The van der Waals surface area contributed by atoms with Gasteiger partial charge in [-0.1, -0.05) is 6.07 Å². The lowest BCUT2D eigenvalue weighted by Crippen LogP contribution is -2.34. The lowest BCUT2D eigenvalue weighted by atomic mass is 10.1. The fraction of sp³-hybridized carbons (Fsp3) is 0.417. The minimum atomic E-state index is -0.125. The molecule has 0 aliphatic rings. The van der Waals surface area contributed by atoms with Crippen molar-refractivity contribution in [1.82, 2.24) is 15.3 Å². The summed E-state index contributed by atoms with van der Waals surface area (Å²) in [6, 6.07) is 4.15. The summed E-state index contributed by atoms with van der Waals surface area (Å²) in [5, 5.41) is 5.33. The van der Waals surface area contributed by atoms with E-state index >= 15 is 0 Å². The molecule has 0 unspecified atom stereocenters. The van der Waals surface area contributed by atoms with Crippen LogP contribution < -0.4 is 5.32 Å². The van der Waals surface area contributed by atoms with Crippen LogP contribution in [-0.2, 0) is 5.54 Å². The molecule has 0 saturated heterocycles. The van der Waals surface area contributed by atoms with Crippen LogP contribution in [0.15, 0.2) is 17.5 Å².